The number of Topliss-reactive ketones (excluding diaryl/α,β-unsaturated/α-hetero) is 1. The van der Waals surface area contributed by atoms with E-state index >= 15 is 0 Å². The Hall–Kier alpha value is -2.75. The fourth-order valence-electron chi connectivity index (χ4n) is 5.42. The molecule has 0 spiro atoms. The summed E-state index contributed by atoms with van der Waals surface area (Å²) in [6.07, 6.45) is 8.17. The average Bonchev–Trinajstić information content (AvgIpc) is 3.41. The van der Waals surface area contributed by atoms with Gasteiger partial charge in [-0.25, -0.2) is 0 Å². The van der Waals surface area contributed by atoms with E-state index in [1.807, 2.05) is 40.0 Å². The number of carbonyl (C=O) groups excluding carboxylic acids is 1. The number of rotatable bonds is 10. The van der Waals surface area contributed by atoms with Crippen LogP contribution in [0.4, 0.5) is 0 Å². The summed E-state index contributed by atoms with van der Waals surface area (Å²) in [6.45, 7) is 16.4. The third kappa shape index (κ3) is 8.40. The van der Waals surface area contributed by atoms with Crippen molar-refractivity contribution in [1.82, 2.24) is 4.98 Å². The van der Waals surface area contributed by atoms with E-state index in [2.05, 4.69) is 62.2 Å². The van der Waals surface area contributed by atoms with Crippen LogP contribution in [0.2, 0.25) is 0 Å². The predicted octanol–water partition coefficient (Wildman–Crippen LogP) is 10.2. The van der Waals surface area contributed by atoms with Crippen molar-refractivity contribution in [3.63, 3.8) is 0 Å². The zero-order chi connectivity index (χ0) is 29.4. The molecule has 4 aromatic rings. The van der Waals surface area contributed by atoms with Crippen LogP contribution in [0.5, 0.6) is 0 Å². The molecule has 0 unspecified atom stereocenters. The second kappa shape index (κ2) is 16.0. The van der Waals surface area contributed by atoms with Gasteiger partial charge in [0.25, 0.3) is 0 Å². The Morgan fingerprint density at radius 1 is 0.951 bits per heavy atom. The monoisotopic (exact) mass is 733 g/mol. The zero-order valence-corrected chi connectivity index (χ0v) is 28.3. The second-order valence-electron chi connectivity index (χ2n) is 11.2. The van der Waals surface area contributed by atoms with Gasteiger partial charge in [-0.2, -0.15) is 0 Å². The van der Waals surface area contributed by atoms with Gasteiger partial charge in [-0.3, -0.25) is 4.79 Å². The normalized spacial score (nSPS) is 12.0. The van der Waals surface area contributed by atoms with Gasteiger partial charge in [-0.05, 0) is 79.1 Å². The molecule has 2 aromatic heterocycles. The smallest absolute Gasteiger partial charge is 0.164 e. The van der Waals surface area contributed by atoms with Crippen LogP contribution in [0.25, 0.3) is 33.0 Å². The largest absolute Gasteiger partial charge is 0.512 e. The summed E-state index contributed by atoms with van der Waals surface area (Å²) in [5.41, 5.74) is 5.76. The molecule has 0 aliphatic rings. The third-order valence-corrected chi connectivity index (χ3v) is 7.81. The van der Waals surface area contributed by atoms with Crippen LogP contribution >= 0.6 is 0 Å². The molecule has 2 heterocycles. The molecule has 5 heteroatoms. The number of aliphatic hydroxyl groups is 1. The van der Waals surface area contributed by atoms with Crippen molar-refractivity contribution in [3.05, 3.63) is 77.4 Å². The molecule has 0 aliphatic carbocycles. The minimum absolute atomic E-state index is 0. The maximum Gasteiger partial charge on any atom is 0.164 e. The quantitative estimate of drug-likeness (QED) is 0.100. The summed E-state index contributed by atoms with van der Waals surface area (Å²) in [5.74, 6) is 1.28. The van der Waals surface area contributed by atoms with Gasteiger partial charge in [0, 0.05) is 43.7 Å². The Morgan fingerprint density at radius 3 is 2.22 bits per heavy atom. The molecule has 4 rings (SSSR count). The van der Waals surface area contributed by atoms with Crippen molar-refractivity contribution in [2.24, 2.45) is 17.8 Å². The van der Waals surface area contributed by atoms with Crippen molar-refractivity contribution in [3.8, 4) is 11.3 Å². The predicted molar refractivity (Wildman–Crippen MR) is 168 cm³/mol. The minimum atomic E-state index is 0. The van der Waals surface area contributed by atoms with Crippen LogP contribution in [-0.4, -0.2) is 15.9 Å². The average molecular weight is 733 g/mol. The molecule has 223 valence electrons. The number of ketones is 1. The fourth-order valence-corrected chi connectivity index (χ4v) is 5.42. The number of hydrogen-bond donors (Lipinski definition) is 1. The second-order valence-corrected chi connectivity index (χ2v) is 11.2. The van der Waals surface area contributed by atoms with E-state index in [0.717, 1.165) is 65.3 Å². The van der Waals surface area contributed by atoms with E-state index < -0.39 is 0 Å². The topological polar surface area (TPSA) is 63.3 Å². The van der Waals surface area contributed by atoms with Crippen molar-refractivity contribution in [2.75, 3.05) is 0 Å². The van der Waals surface area contributed by atoms with Crippen molar-refractivity contribution < 1.29 is 34.4 Å². The van der Waals surface area contributed by atoms with Gasteiger partial charge in [0.05, 0.1) is 11.8 Å². The van der Waals surface area contributed by atoms with E-state index in [0.29, 0.717) is 17.3 Å². The number of nitrogens with zero attached hydrogens (tertiary/aromatic N) is 1. The van der Waals surface area contributed by atoms with Crippen LogP contribution in [-0.2, 0) is 31.3 Å². The van der Waals surface area contributed by atoms with Crippen molar-refractivity contribution >= 4 is 27.5 Å². The number of aliphatic hydroxyl groups excluding tert-OH is 1. The molecule has 1 N–H and O–H groups in total. The molecule has 0 atom stereocenters. The van der Waals surface area contributed by atoms with Gasteiger partial charge in [0.2, 0.25) is 0 Å². The number of hydrogen-bond acceptors (Lipinski definition) is 4. The molecule has 4 nitrogen and oxygen atoms in total. The van der Waals surface area contributed by atoms with Gasteiger partial charge in [-0.1, -0.05) is 77.6 Å². The Bertz CT molecular complexity index is 1460. The number of allylic oxidation sites excluding steroid dienone is 2. The van der Waals surface area contributed by atoms with E-state index in [-0.39, 0.29) is 37.7 Å². The molecule has 0 amide bonds. The summed E-state index contributed by atoms with van der Waals surface area (Å²) in [6, 6.07) is 16.3. The molecule has 1 radical (unpaired) electrons. The Balaban J connectivity index is 0.000000306. The Kier molecular flexibility index (Phi) is 13.5. The van der Waals surface area contributed by atoms with Crippen molar-refractivity contribution in [1.29, 1.82) is 0 Å². The summed E-state index contributed by atoms with van der Waals surface area (Å²) in [4.78, 5) is 16.7. The first-order chi connectivity index (χ1) is 19.1. The van der Waals surface area contributed by atoms with Gasteiger partial charge in [0.15, 0.2) is 5.78 Å². The van der Waals surface area contributed by atoms with Crippen molar-refractivity contribution in [2.45, 2.75) is 87.5 Å². The van der Waals surface area contributed by atoms with Gasteiger partial charge >= 0.3 is 0 Å². The molecule has 41 heavy (non-hydrogen) atoms. The molecule has 0 saturated carbocycles. The van der Waals surface area contributed by atoms with Crippen LogP contribution in [0.3, 0.4) is 0 Å². The first kappa shape index (κ1) is 34.5. The summed E-state index contributed by atoms with van der Waals surface area (Å²) in [7, 11) is 0. The maximum absolute atomic E-state index is 12.1. The molecule has 0 saturated heterocycles. The summed E-state index contributed by atoms with van der Waals surface area (Å²) in [5, 5.41) is 13.5. The van der Waals surface area contributed by atoms with Crippen LogP contribution in [0.1, 0.15) is 85.3 Å². The standard InChI is InChI=1S/C22H20NO.C14H26O2.Ir/c1-14(2)10-16-4-5-19-17(13-16)6-8-23-21(19)20-12-15(3)11-18-7-9-24-22(18)20;1-6-11(7-2)13(15)10(5)14(16)12(8-3)9-4;/h4-9,11,13-14H,10H2,1-3H3;11-12,15H,6-9H2,1-5H3;/q-1;;/b;13-10-;. The zero-order valence-electron chi connectivity index (χ0n) is 25.9. The number of aromatic nitrogens is 1. The third-order valence-electron chi connectivity index (χ3n) is 7.81. The van der Waals surface area contributed by atoms with Gasteiger partial charge in [-0.15, -0.1) is 17.7 Å². The number of benzene rings is 2. The minimum Gasteiger partial charge on any atom is -0.512 e. The van der Waals surface area contributed by atoms with E-state index in [1.54, 1.807) is 13.2 Å². The molecule has 0 aliphatic heterocycles. The number of aryl methyl sites for hydroxylation is 1. The molecule has 0 bridgehead atoms. The molecule has 2 aromatic carbocycles. The first-order valence-corrected chi connectivity index (χ1v) is 14.9. The number of carbonyl (C=O) groups is 1. The SMILES string of the molecule is CCC(CC)C(=O)/C(C)=C(\O)C(CC)CC.Cc1[c-]c(-c2nccc3cc(CC(C)C)ccc23)c2occc2c1.[Ir]. The van der Waals surface area contributed by atoms with Gasteiger partial charge < -0.3 is 14.5 Å². The van der Waals surface area contributed by atoms with Crippen LogP contribution in [0, 0.1) is 30.7 Å². The van der Waals surface area contributed by atoms with Crippen LogP contribution < -0.4 is 0 Å². The molecule has 0 fully saturated rings. The van der Waals surface area contributed by atoms with Gasteiger partial charge in [0.1, 0.15) is 5.76 Å². The van der Waals surface area contributed by atoms with E-state index in [4.69, 9.17) is 4.42 Å². The first-order valence-electron chi connectivity index (χ1n) is 14.9. The number of pyridine rings is 1. The molecular formula is C36H46IrNO3-. The van der Waals surface area contributed by atoms with Crippen LogP contribution in [0.15, 0.2) is 64.6 Å². The van der Waals surface area contributed by atoms with E-state index in [9.17, 15) is 9.90 Å². The molecular weight excluding hydrogens is 687 g/mol. The maximum atomic E-state index is 12.1. The Labute approximate surface area is 260 Å². The number of furan rings is 1. The number of fused-ring (bicyclic) bond motifs is 2. The summed E-state index contributed by atoms with van der Waals surface area (Å²) < 4.78 is 5.71. The fraction of sp³-hybridized carbons (Fsp3) is 0.444. The summed E-state index contributed by atoms with van der Waals surface area (Å²) >= 11 is 0. The Morgan fingerprint density at radius 2 is 1.61 bits per heavy atom. The van der Waals surface area contributed by atoms with E-state index in [1.165, 1.54) is 10.9 Å².